The maximum absolute atomic E-state index is 13.1. The second-order valence-electron chi connectivity index (χ2n) is 22.5. The molecular formula is C65H123NO8. The number of carbonyl (C=O) groups is 1. The Morgan fingerprint density at radius 2 is 0.770 bits per heavy atom. The van der Waals surface area contributed by atoms with Gasteiger partial charge in [0, 0.05) is 6.42 Å². The molecule has 9 nitrogen and oxygen atoms in total. The summed E-state index contributed by atoms with van der Waals surface area (Å²) in [7, 11) is 0. The molecule has 0 aromatic carbocycles. The van der Waals surface area contributed by atoms with Crippen molar-refractivity contribution < 1.29 is 39.8 Å². The van der Waals surface area contributed by atoms with E-state index in [1.807, 2.05) is 6.08 Å². The van der Waals surface area contributed by atoms with Crippen LogP contribution in [0.3, 0.4) is 0 Å². The van der Waals surface area contributed by atoms with Gasteiger partial charge in [0.2, 0.25) is 5.91 Å². The molecule has 1 saturated heterocycles. The first kappa shape index (κ1) is 70.4. The number of aliphatic hydroxyl groups is 5. The predicted octanol–water partition coefficient (Wildman–Crippen LogP) is 16.7. The lowest BCUT2D eigenvalue weighted by atomic mass is 9.99. The zero-order chi connectivity index (χ0) is 53.6. The quantitative estimate of drug-likeness (QED) is 0.0261. The number of allylic oxidation sites excluding steroid dienone is 5. The van der Waals surface area contributed by atoms with Crippen LogP contribution in [-0.4, -0.2) is 87.5 Å². The fourth-order valence-corrected chi connectivity index (χ4v) is 10.3. The minimum atomic E-state index is -1.57. The van der Waals surface area contributed by atoms with Crippen molar-refractivity contribution in [2.24, 2.45) is 0 Å². The van der Waals surface area contributed by atoms with Gasteiger partial charge in [-0.1, -0.05) is 288 Å². The Morgan fingerprint density at radius 1 is 0.446 bits per heavy atom. The van der Waals surface area contributed by atoms with Crippen LogP contribution >= 0.6 is 0 Å². The number of hydrogen-bond acceptors (Lipinski definition) is 8. The highest BCUT2D eigenvalue weighted by atomic mass is 16.7. The van der Waals surface area contributed by atoms with Gasteiger partial charge in [-0.3, -0.25) is 4.79 Å². The molecule has 0 saturated carbocycles. The van der Waals surface area contributed by atoms with Crippen LogP contribution in [0.1, 0.15) is 316 Å². The Morgan fingerprint density at radius 3 is 1.14 bits per heavy atom. The Hall–Kier alpha value is -1.59. The fourth-order valence-electron chi connectivity index (χ4n) is 10.3. The molecule has 1 rings (SSSR count). The maximum atomic E-state index is 13.1. The second-order valence-corrected chi connectivity index (χ2v) is 22.5. The van der Waals surface area contributed by atoms with E-state index in [9.17, 15) is 30.3 Å². The molecule has 0 radical (unpaired) electrons. The van der Waals surface area contributed by atoms with Crippen LogP contribution in [0.4, 0.5) is 0 Å². The van der Waals surface area contributed by atoms with E-state index >= 15 is 0 Å². The van der Waals surface area contributed by atoms with E-state index in [0.29, 0.717) is 6.42 Å². The molecule has 7 atom stereocenters. The third-order valence-electron chi connectivity index (χ3n) is 15.4. The van der Waals surface area contributed by atoms with Gasteiger partial charge in [0.05, 0.1) is 25.4 Å². The average molecular weight is 1050 g/mol. The normalized spacial score (nSPS) is 19.1. The molecule has 9 heteroatoms. The number of ether oxygens (including phenoxy) is 2. The van der Waals surface area contributed by atoms with E-state index < -0.39 is 49.5 Å². The largest absolute Gasteiger partial charge is 0.394 e. The molecule has 436 valence electrons. The van der Waals surface area contributed by atoms with Crippen molar-refractivity contribution in [3.8, 4) is 0 Å². The number of rotatable bonds is 56. The predicted molar refractivity (Wildman–Crippen MR) is 313 cm³/mol. The van der Waals surface area contributed by atoms with Crippen LogP contribution in [0.25, 0.3) is 0 Å². The van der Waals surface area contributed by atoms with Crippen molar-refractivity contribution in [2.75, 3.05) is 13.2 Å². The van der Waals surface area contributed by atoms with E-state index in [0.717, 1.165) is 38.5 Å². The number of nitrogens with one attached hydrogen (secondary N) is 1. The van der Waals surface area contributed by atoms with Crippen LogP contribution in [-0.2, 0) is 14.3 Å². The molecule has 1 aliphatic heterocycles. The zero-order valence-electron chi connectivity index (χ0n) is 48.6. The van der Waals surface area contributed by atoms with E-state index in [4.69, 9.17) is 9.47 Å². The summed E-state index contributed by atoms with van der Waals surface area (Å²) in [6, 6.07) is -0.823. The van der Waals surface area contributed by atoms with Crippen molar-refractivity contribution in [2.45, 2.75) is 358 Å². The summed E-state index contributed by atoms with van der Waals surface area (Å²) >= 11 is 0. The molecule has 1 aliphatic rings. The third kappa shape index (κ3) is 43.4. The molecule has 0 bridgehead atoms. The average Bonchev–Trinajstić information content (AvgIpc) is 3.40. The Bertz CT molecular complexity index is 1260. The number of hydrogen-bond donors (Lipinski definition) is 6. The van der Waals surface area contributed by atoms with Crippen LogP contribution in [0.15, 0.2) is 36.5 Å². The number of amides is 1. The topological polar surface area (TPSA) is 149 Å². The molecule has 7 unspecified atom stereocenters. The van der Waals surface area contributed by atoms with Gasteiger partial charge in [-0.15, -0.1) is 0 Å². The fraction of sp³-hybridized carbons (Fsp3) is 0.892. The molecule has 0 aromatic heterocycles. The van der Waals surface area contributed by atoms with Crippen molar-refractivity contribution in [3.63, 3.8) is 0 Å². The highest BCUT2D eigenvalue weighted by Gasteiger charge is 2.44. The first-order valence-electron chi connectivity index (χ1n) is 32.2. The zero-order valence-corrected chi connectivity index (χ0v) is 48.6. The molecule has 0 spiro atoms. The van der Waals surface area contributed by atoms with Gasteiger partial charge in [-0.05, 0) is 57.8 Å². The van der Waals surface area contributed by atoms with E-state index in [2.05, 4.69) is 43.5 Å². The van der Waals surface area contributed by atoms with Crippen molar-refractivity contribution >= 4 is 5.91 Å². The van der Waals surface area contributed by atoms with Gasteiger partial charge in [0.1, 0.15) is 24.4 Å². The van der Waals surface area contributed by atoms with Gasteiger partial charge in [0.15, 0.2) is 6.29 Å². The van der Waals surface area contributed by atoms with Gasteiger partial charge < -0.3 is 40.3 Å². The van der Waals surface area contributed by atoms with E-state index in [-0.39, 0.29) is 12.5 Å². The van der Waals surface area contributed by atoms with Crippen molar-refractivity contribution in [3.05, 3.63) is 36.5 Å². The lowest BCUT2D eigenvalue weighted by Crippen LogP contribution is -2.60. The SMILES string of the molecule is CCCCCCCCCC/C=C\CCCCCCCCCCCC(=O)NC(COC1OC(CO)C(O)C(O)C1O)C(O)/C=C/CC/C=C/CCCCCCCCCCCCCCCCCCCCCCCCCC. The summed E-state index contributed by atoms with van der Waals surface area (Å²) in [5.41, 5.74) is 0. The molecule has 1 heterocycles. The molecule has 6 N–H and O–H groups in total. The van der Waals surface area contributed by atoms with Crippen molar-refractivity contribution in [1.29, 1.82) is 0 Å². The van der Waals surface area contributed by atoms with E-state index in [1.165, 1.54) is 257 Å². The Labute approximate surface area is 457 Å². The maximum Gasteiger partial charge on any atom is 0.220 e. The molecule has 1 fully saturated rings. The summed E-state index contributed by atoms with van der Waals surface area (Å²) in [6.07, 6.45) is 65.2. The monoisotopic (exact) mass is 1050 g/mol. The van der Waals surface area contributed by atoms with E-state index in [1.54, 1.807) is 6.08 Å². The number of carbonyl (C=O) groups excluding carboxylic acids is 1. The van der Waals surface area contributed by atoms with Gasteiger partial charge in [0.25, 0.3) is 0 Å². The first-order chi connectivity index (χ1) is 36.3. The summed E-state index contributed by atoms with van der Waals surface area (Å²) in [6.45, 7) is 3.80. The smallest absolute Gasteiger partial charge is 0.220 e. The third-order valence-corrected chi connectivity index (χ3v) is 15.4. The molecule has 74 heavy (non-hydrogen) atoms. The molecule has 0 aliphatic carbocycles. The molecule has 0 aromatic rings. The summed E-state index contributed by atoms with van der Waals surface area (Å²) in [5.74, 6) is -0.185. The lowest BCUT2D eigenvalue weighted by molar-refractivity contribution is -0.302. The number of unbranched alkanes of at least 4 members (excludes halogenated alkanes) is 42. The Kier molecular flexibility index (Phi) is 52.1. The van der Waals surface area contributed by atoms with Gasteiger partial charge >= 0.3 is 0 Å². The molecular weight excluding hydrogens is 923 g/mol. The minimum absolute atomic E-state index is 0.185. The van der Waals surface area contributed by atoms with Crippen LogP contribution in [0, 0.1) is 0 Å². The summed E-state index contributed by atoms with van der Waals surface area (Å²) in [4.78, 5) is 13.1. The Balaban J connectivity index is 2.18. The molecule has 1 amide bonds. The summed E-state index contributed by atoms with van der Waals surface area (Å²) < 4.78 is 11.3. The summed E-state index contributed by atoms with van der Waals surface area (Å²) in [5, 5.41) is 54.6. The van der Waals surface area contributed by atoms with Gasteiger partial charge in [-0.25, -0.2) is 0 Å². The lowest BCUT2D eigenvalue weighted by Gasteiger charge is -2.40. The highest BCUT2D eigenvalue weighted by Crippen LogP contribution is 2.23. The van der Waals surface area contributed by atoms with Crippen LogP contribution in [0.5, 0.6) is 0 Å². The van der Waals surface area contributed by atoms with Crippen LogP contribution < -0.4 is 5.32 Å². The first-order valence-corrected chi connectivity index (χ1v) is 32.2. The van der Waals surface area contributed by atoms with Gasteiger partial charge in [-0.2, -0.15) is 0 Å². The van der Waals surface area contributed by atoms with Crippen molar-refractivity contribution in [1.82, 2.24) is 5.32 Å². The standard InChI is InChI=1S/C65H123NO8/c1-3-5-7-9-11-13-15-17-19-21-23-25-26-27-28-29-30-31-32-33-35-36-38-40-42-44-46-48-50-52-54-59(68)58(57-73-65-64(72)63(71)62(70)60(56-67)74-65)66-61(69)55-53-51-49-47-45-43-41-39-37-34-24-22-20-18-16-14-12-10-8-6-4-2/h22,24,44,46,52,54,58-60,62-65,67-68,70-72H,3-21,23,25-43,45,47-51,53,55-57H2,1-2H3,(H,66,69)/b24-22-,46-44+,54-52+. The second kappa shape index (κ2) is 54.8. The highest BCUT2D eigenvalue weighted by molar-refractivity contribution is 5.76. The van der Waals surface area contributed by atoms with Crippen LogP contribution in [0.2, 0.25) is 0 Å². The number of aliphatic hydroxyl groups excluding tert-OH is 5. The minimum Gasteiger partial charge on any atom is -0.394 e.